The van der Waals surface area contributed by atoms with Crippen LogP contribution in [0.3, 0.4) is 0 Å². The zero-order valence-electron chi connectivity index (χ0n) is 11.6. The minimum atomic E-state index is 0.692. The maximum atomic E-state index is 5.33. The zero-order chi connectivity index (χ0) is 14.1. The summed E-state index contributed by atoms with van der Waals surface area (Å²) in [5, 5.41) is 4.22. The van der Waals surface area contributed by atoms with Crippen molar-refractivity contribution in [3.8, 4) is 22.8 Å². The van der Waals surface area contributed by atoms with Crippen LogP contribution in [0.1, 0.15) is 5.69 Å². The topological polar surface area (TPSA) is 48.7 Å². The van der Waals surface area contributed by atoms with E-state index in [0.29, 0.717) is 11.5 Å². The average Bonchev–Trinajstić information content (AvgIpc) is 2.95. The molecule has 3 aromatic rings. The molecule has 5 heteroatoms. The van der Waals surface area contributed by atoms with Gasteiger partial charge in [0.2, 0.25) is 0 Å². The summed E-state index contributed by atoms with van der Waals surface area (Å²) >= 11 is 0. The number of benzene rings is 1. The van der Waals surface area contributed by atoms with Gasteiger partial charge in [-0.1, -0.05) is 0 Å². The van der Waals surface area contributed by atoms with Gasteiger partial charge in [0, 0.05) is 17.3 Å². The van der Waals surface area contributed by atoms with Crippen LogP contribution in [0.25, 0.3) is 16.9 Å². The van der Waals surface area contributed by atoms with Crippen molar-refractivity contribution in [1.29, 1.82) is 0 Å². The quantitative estimate of drug-likeness (QED) is 0.733. The van der Waals surface area contributed by atoms with E-state index in [9.17, 15) is 0 Å². The van der Waals surface area contributed by atoms with Crippen molar-refractivity contribution in [2.24, 2.45) is 0 Å². The zero-order valence-corrected chi connectivity index (χ0v) is 11.6. The predicted octanol–water partition coefficient (Wildman–Crippen LogP) is 2.72. The second kappa shape index (κ2) is 4.85. The van der Waals surface area contributed by atoms with E-state index in [4.69, 9.17) is 9.47 Å². The van der Waals surface area contributed by atoms with Crippen LogP contribution in [0.15, 0.2) is 36.5 Å². The summed E-state index contributed by atoms with van der Waals surface area (Å²) in [6, 6.07) is 9.66. The second-order valence-electron chi connectivity index (χ2n) is 4.45. The molecular formula is C15H15N3O2. The molecule has 0 atom stereocenters. The summed E-state index contributed by atoms with van der Waals surface area (Å²) in [4.78, 5) is 4.60. The Morgan fingerprint density at radius 2 is 1.80 bits per heavy atom. The number of fused-ring (bicyclic) bond motifs is 1. The van der Waals surface area contributed by atoms with Gasteiger partial charge >= 0.3 is 0 Å². The molecule has 0 spiro atoms. The Bertz CT molecular complexity index is 765. The Kier molecular flexibility index (Phi) is 3.02. The fraction of sp³-hybridized carbons (Fsp3) is 0.200. The lowest BCUT2D eigenvalue weighted by atomic mass is 10.1. The first-order chi connectivity index (χ1) is 9.72. The third-order valence-electron chi connectivity index (χ3n) is 3.22. The normalized spacial score (nSPS) is 10.8. The number of methoxy groups -OCH3 is 2. The molecule has 0 unspecified atom stereocenters. The van der Waals surface area contributed by atoms with Crippen molar-refractivity contribution in [1.82, 2.24) is 14.6 Å². The number of aryl methyl sites for hydroxylation is 1. The molecule has 2 aromatic heterocycles. The van der Waals surface area contributed by atoms with E-state index in [1.54, 1.807) is 20.4 Å². The number of rotatable bonds is 3. The van der Waals surface area contributed by atoms with Crippen molar-refractivity contribution < 1.29 is 9.47 Å². The lowest BCUT2D eigenvalue weighted by molar-refractivity contribution is 0.355. The molecule has 0 saturated carbocycles. The van der Waals surface area contributed by atoms with E-state index in [0.717, 1.165) is 22.6 Å². The van der Waals surface area contributed by atoms with Crippen molar-refractivity contribution in [3.05, 3.63) is 42.2 Å². The summed E-state index contributed by atoms with van der Waals surface area (Å²) in [6.07, 6.45) is 1.74. The molecule has 20 heavy (non-hydrogen) atoms. The minimum Gasteiger partial charge on any atom is -0.493 e. The molecule has 0 aliphatic rings. The van der Waals surface area contributed by atoms with E-state index in [-0.39, 0.29) is 0 Å². The highest BCUT2D eigenvalue weighted by Gasteiger charge is 2.09. The van der Waals surface area contributed by atoms with Crippen LogP contribution in [0, 0.1) is 6.92 Å². The molecule has 1 aromatic carbocycles. The van der Waals surface area contributed by atoms with E-state index >= 15 is 0 Å². The summed E-state index contributed by atoms with van der Waals surface area (Å²) in [7, 11) is 3.25. The van der Waals surface area contributed by atoms with E-state index in [2.05, 4.69) is 10.1 Å². The maximum Gasteiger partial charge on any atom is 0.161 e. The molecular weight excluding hydrogens is 254 g/mol. The predicted molar refractivity (Wildman–Crippen MR) is 76.3 cm³/mol. The second-order valence-corrected chi connectivity index (χ2v) is 4.45. The molecule has 0 fully saturated rings. The highest BCUT2D eigenvalue weighted by atomic mass is 16.5. The smallest absolute Gasteiger partial charge is 0.161 e. The monoisotopic (exact) mass is 269 g/mol. The van der Waals surface area contributed by atoms with Crippen LogP contribution in [0.4, 0.5) is 0 Å². The first-order valence-electron chi connectivity index (χ1n) is 6.26. The van der Waals surface area contributed by atoms with Gasteiger partial charge in [0.1, 0.15) is 0 Å². The SMILES string of the molecule is COc1ccc(-c2cc(C)n3nccc3n2)cc1OC. The van der Waals surface area contributed by atoms with Crippen LogP contribution in [0.2, 0.25) is 0 Å². The van der Waals surface area contributed by atoms with Crippen molar-refractivity contribution in [2.75, 3.05) is 14.2 Å². The van der Waals surface area contributed by atoms with Crippen LogP contribution in [-0.4, -0.2) is 28.8 Å². The molecule has 0 radical (unpaired) electrons. The molecule has 3 rings (SSSR count). The number of hydrogen-bond acceptors (Lipinski definition) is 4. The van der Waals surface area contributed by atoms with Crippen molar-refractivity contribution >= 4 is 5.65 Å². The largest absolute Gasteiger partial charge is 0.493 e. The van der Waals surface area contributed by atoms with Gasteiger partial charge in [0.05, 0.1) is 26.1 Å². The van der Waals surface area contributed by atoms with Gasteiger partial charge in [-0.05, 0) is 31.2 Å². The lowest BCUT2D eigenvalue weighted by Gasteiger charge is -2.10. The highest BCUT2D eigenvalue weighted by Crippen LogP contribution is 2.31. The first-order valence-corrected chi connectivity index (χ1v) is 6.26. The third kappa shape index (κ3) is 1.97. The molecule has 0 saturated heterocycles. The average molecular weight is 269 g/mol. The standard InChI is InChI=1S/C15H15N3O2/c1-10-8-12(17-15-6-7-16-18(10)15)11-4-5-13(19-2)14(9-11)20-3/h4-9H,1-3H3. The summed E-state index contributed by atoms with van der Waals surface area (Å²) in [5.74, 6) is 1.40. The van der Waals surface area contributed by atoms with Gasteiger partial charge in [-0.2, -0.15) is 5.10 Å². The molecule has 0 bridgehead atoms. The Hall–Kier alpha value is -2.56. The van der Waals surface area contributed by atoms with Gasteiger partial charge < -0.3 is 9.47 Å². The van der Waals surface area contributed by atoms with Gasteiger partial charge in [-0.25, -0.2) is 9.50 Å². The Morgan fingerprint density at radius 1 is 1.00 bits per heavy atom. The number of aromatic nitrogens is 3. The van der Waals surface area contributed by atoms with E-state index in [1.807, 2.05) is 41.8 Å². The number of hydrogen-bond donors (Lipinski definition) is 0. The Balaban J connectivity index is 2.14. The maximum absolute atomic E-state index is 5.33. The van der Waals surface area contributed by atoms with Crippen LogP contribution < -0.4 is 9.47 Å². The van der Waals surface area contributed by atoms with Crippen LogP contribution in [0.5, 0.6) is 11.5 Å². The van der Waals surface area contributed by atoms with Gasteiger partial charge in [-0.3, -0.25) is 0 Å². The lowest BCUT2D eigenvalue weighted by Crippen LogP contribution is -1.97. The fourth-order valence-electron chi connectivity index (χ4n) is 2.21. The van der Waals surface area contributed by atoms with Gasteiger partial charge in [0.25, 0.3) is 0 Å². The number of ether oxygens (including phenoxy) is 2. The molecule has 0 amide bonds. The molecule has 0 aliphatic carbocycles. The minimum absolute atomic E-state index is 0.692. The van der Waals surface area contributed by atoms with Crippen molar-refractivity contribution in [2.45, 2.75) is 6.92 Å². The van der Waals surface area contributed by atoms with Crippen LogP contribution >= 0.6 is 0 Å². The highest BCUT2D eigenvalue weighted by molar-refractivity contribution is 5.66. The summed E-state index contributed by atoms with van der Waals surface area (Å²) in [5.41, 5.74) is 3.73. The summed E-state index contributed by atoms with van der Waals surface area (Å²) < 4.78 is 12.4. The van der Waals surface area contributed by atoms with Crippen molar-refractivity contribution in [3.63, 3.8) is 0 Å². The summed E-state index contributed by atoms with van der Waals surface area (Å²) in [6.45, 7) is 2.01. The Morgan fingerprint density at radius 3 is 2.55 bits per heavy atom. The van der Waals surface area contributed by atoms with Gasteiger partial charge in [0.15, 0.2) is 17.1 Å². The number of nitrogens with zero attached hydrogens (tertiary/aromatic N) is 3. The Labute approximate surface area is 116 Å². The van der Waals surface area contributed by atoms with Gasteiger partial charge in [-0.15, -0.1) is 0 Å². The molecule has 0 N–H and O–H groups in total. The first kappa shape index (κ1) is 12.5. The molecule has 102 valence electrons. The van der Waals surface area contributed by atoms with E-state index in [1.165, 1.54) is 0 Å². The molecule has 2 heterocycles. The third-order valence-corrected chi connectivity index (χ3v) is 3.22. The van der Waals surface area contributed by atoms with E-state index < -0.39 is 0 Å². The molecule has 0 aliphatic heterocycles. The van der Waals surface area contributed by atoms with Crippen LogP contribution in [-0.2, 0) is 0 Å². The fourth-order valence-corrected chi connectivity index (χ4v) is 2.21. The molecule has 5 nitrogen and oxygen atoms in total.